The Morgan fingerprint density at radius 2 is 2.19 bits per heavy atom. The van der Waals surface area contributed by atoms with Crippen molar-refractivity contribution in [2.75, 3.05) is 13.1 Å². The summed E-state index contributed by atoms with van der Waals surface area (Å²) < 4.78 is 5.83. The molecule has 0 saturated carbocycles. The highest BCUT2D eigenvalue weighted by atomic mass is 32.2. The molecule has 3 rings (SSSR count). The van der Waals surface area contributed by atoms with Crippen LogP contribution in [0, 0.1) is 0 Å². The standard InChI is InChI=1S/C16H21N3OS/c1-2-9-17-10-5-8-15-18-19-16(20-15)14-11-12-6-3-4-7-13(12)21-14/h3-4,6-7,14,17H,2,5,8-11H2,1H3. The maximum absolute atomic E-state index is 5.83. The lowest BCUT2D eigenvalue weighted by molar-refractivity contribution is 0.439. The van der Waals surface area contributed by atoms with Gasteiger partial charge in [-0.1, -0.05) is 25.1 Å². The number of nitrogens with zero attached hydrogens (tertiary/aromatic N) is 2. The normalized spacial score (nSPS) is 17.1. The largest absolute Gasteiger partial charge is 0.424 e. The van der Waals surface area contributed by atoms with Gasteiger partial charge in [0.2, 0.25) is 11.8 Å². The number of aryl methyl sites for hydroxylation is 1. The first kappa shape index (κ1) is 14.6. The molecule has 1 atom stereocenters. The van der Waals surface area contributed by atoms with Gasteiger partial charge in [0.05, 0.1) is 5.25 Å². The molecule has 2 aromatic rings. The van der Waals surface area contributed by atoms with Crippen LogP contribution in [-0.2, 0) is 12.8 Å². The van der Waals surface area contributed by atoms with E-state index in [1.165, 1.54) is 16.9 Å². The molecule has 21 heavy (non-hydrogen) atoms. The first-order valence-electron chi connectivity index (χ1n) is 7.64. The van der Waals surface area contributed by atoms with Crippen LogP contribution >= 0.6 is 11.8 Å². The lowest BCUT2D eigenvalue weighted by Crippen LogP contribution is -2.16. The topological polar surface area (TPSA) is 51.0 Å². The highest BCUT2D eigenvalue weighted by molar-refractivity contribution is 7.99. The average molecular weight is 303 g/mol. The van der Waals surface area contributed by atoms with Gasteiger partial charge in [0.25, 0.3) is 0 Å². The fraction of sp³-hybridized carbons (Fsp3) is 0.500. The van der Waals surface area contributed by atoms with Crippen molar-refractivity contribution in [3.8, 4) is 0 Å². The molecular formula is C16H21N3OS. The fourth-order valence-electron chi connectivity index (χ4n) is 2.48. The predicted molar refractivity (Wildman–Crippen MR) is 84.5 cm³/mol. The molecule has 112 valence electrons. The third-order valence-electron chi connectivity index (χ3n) is 3.58. The number of hydrogen-bond donors (Lipinski definition) is 1. The Balaban J connectivity index is 1.52. The molecule has 0 amide bonds. The molecule has 5 heteroatoms. The summed E-state index contributed by atoms with van der Waals surface area (Å²) in [6.45, 7) is 4.26. The SMILES string of the molecule is CCCNCCCc1nnc(C2Cc3ccccc3S2)o1. The Labute approximate surface area is 129 Å². The van der Waals surface area contributed by atoms with E-state index in [1.54, 1.807) is 0 Å². The molecule has 4 nitrogen and oxygen atoms in total. The first-order chi connectivity index (χ1) is 10.4. The van der Waals surface area contributed by atoms with E-state index >= 15 is 0 Å². The molecule has 2 heterocycles. The molecule has 1 aromatic heterocycles. The maximum Gasteiger partial charge on any atom is 0.230 e. The minimum absolute atomic E-state index is 0.280. The number of thioether (sulfide) groups is 1. The van der Waals surface area contributed by atoms with Crippen LogP contribution in [0.2, 0.25) is 0 Å². The molecule has 1 N–H and O–H groups in total. The molecule has 0 bridgehead atoms. The summed E-state index contributed by atoms with van der Waals surface area (Å²) in [4.78, 5) is 1.34. The van der Waals surface area contributed by atoms with E-state index < -0.39 is 0 Å². The highest BCUT2D eigenvalue weighted by Crippen LogP contribution is 2.45. The number of aromatic nitrogens is 2. The molecular weight excluding hydrogens is 282 g/mol. The van der Waals surface area contributed by atoms with Crippen LogP contribution in [0.25, 0.3) is 0 Å². The third kappa shape index (κ3) is 3.66. The third-order valence-corrected chi connectivity index (χ3v) is 4.88. The van der Waals surface area contributed by atoms with Crippen molar-refractivity contribution in [3.63, 3.8) is 0 Å². The second kappa shape index (κ2) is 7.09. The second-order valence-corrected chi connectivity index (χ2v) is 6.55. The molecule has 0 aliphatic carbocycles. The summed E-state index contributed by atoms with van der Waals surface area (Å²) in [6, 6.07) is 8.51. The Morgan fingerprint density at radius 1 is 1.29 bits per heavy atom. The van der Waals surface area contributed by atoms with Crippen LogP contribution in [0.4, 0.5) is 0 Å². The van der Waals surface area contributed by atoms with Crippen LogP contribution in [0.1, 0.15) is 42.4 Å². The Hall–Kier alpha value is -1.33. The van der Waals surface area contributed by atoms with Gasteiger partial charge < -0.3 is 9.73 Å². The van der Waals surface area contributed by atoms with Crippen molar-refractivity contribution in [1.82, 2.24) is 15.5 Å². The minimum atomic E-state index is 0.280. The summed E-state index contributed by atoms with van der Waals surface area (Å²) in [7, 11) is 0. The number of fused-ring (bicyclic) bond motifs is 1. The van der Waals surface area contributed by atoms with Crippen LogP contribution < -0.4 is 5.32 Å². The second-order valence-electron chi connectivity index (χ2n) is 5.31. The Bertz CT molecular complexity index is 559. The predicted octanol–water partition coefficient (Wildman–Crippen LogP) is 3.39. The monoisotopic (exact) mass is 303 g/mol. The van der Waals surface area contributed by atoms with Gasteiger partial charge in [-0.2, -0.15) is 0 Å². The van der Waals surface area contributed by atoms with Crippen molar-refractivity contribution in [2.45, 2.75) is 42.8 Å². The van der Waals surface area contributed by atoms with Gasteiger partial charge in [-0.25, -0.2) is 0 Å². The van der Waals surface area contributed by atoms with Gasteiger partial charge >= 0.3 is 0 Å². The highest BCUT2D eigenvalue weighted by Gasteiger charge is 2.27. The number of nitrogens with one attached hydrogen (secondary N) is 1. The summed E-state index contributed by atoms with van der Waals surface area (Å²) >= 11 is 1.83. The van der Waals surface area contributed by atoms with Gasteiger partial charge in [0.15, 0.2) is 0 Å². The van der Waals surface area contributed by atoms with Gasteiger partial charge in [0.1, 0.15) is 0 Å². The van der Waals surface area contributed by atoms with E-state index in [2.05, 4.69) is 46.7 Å². The Morgan fingerprint density at radius 3 is 3.05 bits per heavy atom. The number of rotatable bonds is 7. The smallest absolute Gasteiger partial charge is 0.230 e. The van der Waals surface area contributed by atoms with Gasteiger partial charge in [0, 0.05) is 11.3 Å². The fourth-order valence-corrected chi connectivity index (χ4v) is 3.71. The Kier molecular flexibility index (Phi) is 4.93. The van der Waals surface area contributed by atoms with E-state index in [1.807, 2.05) is 11.8 Å². The number of hydrogen-bond acceptors (Lipinski definition) is 5. The zero-order valence-corrected chi connectivity index (χ0v) is 13.2. The van der Waals surface area contributed by atoms with E-state index in [4.69, 9.17) is 4.42 Å². The zero-order valence-electron chi connectivity index (χ0n) is 12.3. The van der Waals surface area contributed by atoms with Crippen LogP contribution in [0.15, 0.2) is 33.6 Å². The zero-order chi connectivity index (χ0) is 14.5. The van der Waals surface area contributed by atoms with Crippen LogP contribution in [-0.4, -0.2) is 23.3 Å². The molecule has 1 unspecified atom stereocenters. The summed E-state index contributed by atoms with van der Waals surface area (Å²) in [5.74, 6) is 1.53. The van der Waals surface area contributed by atoms with Gasteiger partial charge in [-0.15, -0.1) is 22.0 Å². The van der Waals surface area contributed by atoms with Gasteiger partial charge in [-0.3, -0.25) is 0 Å². The van der Waals surface area contributed by atoms with E-state index in [0.717, 1.165) is 44.1 Å². The van der Waals surface area contributed by atoms with E-state index in [9.17, 15) is 0 Å². The average Bonchev–Trinajstić information content (AvgIpc) is 3.13. The molecule has 1 aromatic carbocycles. The van der Waals surface area contributed by atoms with Crippen molar-refractivity contribution in [3.05, 3.63) is 41.6 Å². The van der Waals surface area contributed by atoms with Crippen LogP contribution in [0.3, 0.4) is 0 Å². The molecule has 0 spiro atoms. The maximum atomic E-state index is 5.83. The summed E-state index contributed by atoms with van der Waals surface area (Å²) in [6.07, 6.45) is 4.05. The quantitative estimate of drug-likeness (QED) is 0.795. The van der Waals surface area contributed by atoms with Crippen molar-refractivity contribution in [1.29, 1.82) is 0 Å². The van der Waals surface area contributed by atoms with Crippen molar-refractivity contribution >= 4 is 11.8 Å². The van der Waals surface area contributed by atoms with Crippen LogP contribution in [0.5, 0.6) is 0 Å². The van der Waals surface area contributed by atoms with Crippen molar-refractivity contribution < 1.29 is 4.42 Å². The molecule has 1 aliphatic rings. The van der Waals surface area contributed by atoms with E-state index in [0.29, 0.717) is 0 Å². The van der Waals surface area contributed by atoms with E-state index in [-0.39, 0.29) is 5.25 Å². The molecule has 1 aliphatic heterocycles. The molecule has 0 saturated heterocycles. The van der Waals surface area contributed by atoms with Gasteiger partial charge in [-0.05, 0) is 44.0 Å². The van der Waals surface area contributed by atoms with Crippen molar-refractivity contribution in [2.24, 2.45) is 0 Å². The minimum Gasteiger partial charge on any atom is -0.424 e. The first-order valence-corrected chi connectivity index (χ1v) is 8.52. The lowest BCUT2D eigenvalue weighted by atomic mass is 10.1. The molecule has 0 radical (unpaired) electrons. The number of benzene rings is 1. The summed E-state index contributed by atoms with van der Waals surface area (Å²) in [5, 5.41) is 12.1. The molecule has 0 fully saturated rings. The lowest BCUT2D eigenvalue weighted by Gasteiger charge is -2.01. The summed E-state index contributed by atoms with van der Waals surface area (Å²) in [5.41, 5.74) is 1.39.